The van der Waals surface area contributed by atoms with Gasteiger partial charge in [0.05, 0.1) is 7.11 Å². The van der Waals surface area contributed by atoms with Crippen LogP contribution in [0.1, 0.15) is 45.6 Å². The number of benzene rings is 1. The first-order chi connectivity index (χ1) is 9.02. The van der Waals surface area contributed by atoms with Gasteiger partial charge < -0.3 is 15.2 Å². The maximum Gasteiger partial charge on any atom is 0.160 e. The van der Waals surface area contributed by atoms with Crippen molar-refractivity contribution in [2.24, 2.45) is 5.92 Å². The highest BCUT2D eigenvalue weighted by Crippen LogP contribution is 2.26. The Bertz CT molecular complexity index is 377. The minimum atomic E-state index is 0.203. The van der Waals surface area contributed by atoms with E-state index in [0.717, 1.165) is 18.0 Å². The summed E-state index contributed by atoms with van der Waals surface area (Å²) in [6, 6.07) is 6.04. The minimum Gasteiger partial charge on any atom is -0.504 e. The highest BCUT2D eigenvalue weighted by atomic mass is 16.5. The molecule has 0 saturated carbocycles. The van der Waals surface area contributed by atoms with E-state index in [1.54, 1.807) is 19.2 Å². The van der Waals surface area contributed by atoms with Crippen molar-refractivity contribution < 1.29 is 9.84 Å². The zero-order chi connectivity index (χ0) is 14.3. The zero-order valence-corrected chi connectivity index (χ0v) is 12.6. The summed E-state index contributed by atoms with van der Waals surface area (Å²) in [4.78, 5) is 0. The third kappa shape index (κ3) is 5.97. The van der Waals surface area contributed by atoms with Gasteiger partial charge in [-0.05, 0) is 37.0 Å². The summed E-state index contributed by atoms with van der Waals surface area (Å²) in [6.07, 6.45) is 3.75. The smallest absolute Gasteiger partial charge is 0.160 e. The molecule has 1 aromatic carbocycles. The Morgan fingerprint density at radius 2 is 1.95 bits per heavy atom. The first-order valence-corrected chi connectivity index (χ1v) is 7.12. The Hall–Kier alpha value is -1.22. The molecule has 1 atom stereocenters. The standard InChI is InChI=1S/C16H27NO2/c1-12(2)6-5-7-13(3)17-11-14-8-9-16(19-4)15(18)10-14/h8-10,12-13,17-18H,5-7,11H2,1-4H3. The molecule has 1 unspecified atom stereocenters. The second kappa shape index (κ2) is 8.05. The zero-order valence-electron chi connectivity index (χ0n) is 12.6. The van der Waals surface area contributed by atoms with Crippen LogP contribution in [0.3, 0.4) is 0 Å². The van der Waals surface area contributed by atoms with Gasteiger partial charge in [0.25, 0.3) is 0 Å². The number of phenols is 1. The molecule has 0 saturated heterocycles. The van der Waals surface area contributed by atoms with Crippen molar-refractivity contribution in [2.75, 3.05) is 7.11 Å². The van der Waals surface area contributed by atoms with E-state index in [9.17, 15) is 5.11 Å². The summed E-state index contributed by atoms with van der Waals surface area (Å²) in [7, 11) is 1.56. The largest absolute Gasteiger partial charge is 0.504 e. The van der Waals surface area contributed by atoms with Gasteiger partial charge in [0.1, 0.15) is 0 Å². The van der Waals surface area contributed by atoms with Crippen LogP contribution in [-0.2, 0) is 6.54 Å². The summed E-state index contributed by atoms with van der Waals surface area (Å²) in [5.74, 6) is 1.51. The van der Waals surface area contributed by atoms with Gasteiger partial charge >= 0.3 is 0 Å². The predicted molar refractivity (Wildman–Crippen MR) is 79.6 cm³/mol. The lowest BCUT2D eigenvalue weighted by molar-refractivity contribution is 0.372. The highest BCUT2D eigenvalue weighted by molar-refractivity contribution is 5.41. The van der Waals surface area contributed by atoms with Gasteiger partial charge in [-0.15, -0.1) is 0 Å². The normalized spacial score (nSPS) is 12.7. The molecule has 0 spiro atoms. The highest BCUT2D eigenvalue weighted by Gasteiger charge is 2.05. The Morgan fingerprint density at radius 1 is 1.21 bits per heavy atom. The number of aromatic hydroxyl groups is 1. The molecule has 0 amide bonds. The molecular formula is C16H27NO2. The summed E-state index contributed by atoms with van der Waals surface area (Å²) in [6.45, 7) is 7.51. The number of hydrogen-bond acceptors (Lipinski definition) is 3. The van der Waals surface area contributed by atoms with E-state index in [2.05, 4.69) is 26.1 Å². The summed E-state index contributed by atoms with van der Waals surface area (Å²) in [5.41, 5.74) is 1.08. The molecular weight excluding hydrogens is 238 g/mol. The van der Waals surface area contributed by atoms with Crippen LogP contribution in [0.4, 0.5) is 0 Å². The first kappa shape index (κ1) is 15.8. The van der Waals surface area contributed by atoms with E-state index in [-0.39, 0.29) is 5.75 Å². The van der Waals surface area contributed by atoms with Gasteiger partial charge in [0, 0.05) is 12.6 Å². The lowest BCUT2D eigenvalue weighted by Crippen LogP contribution is -2.25. The van der Waals surface area contributed by atoms with E-state index in [1.807, 2.05) is 6.07 Å². The first-order valence-electron chi connectivity index (χ1n) is 7.12. The van der Waals surface area contributed by atoms with E-state index in [4.69, 9.17) is 4.74 Å². The van der Waals surface area contributed by atoms with Crippen LogP contribution < -0.4 is 10.1 Å². The van der Waals surface area contributed by atoms with Crippen molar-refractivity contribution in [3.63, 3.8) is 0 Å². The SMILES string of the molecule is COc1ccc(CNC(C)CCCC(C)C)cc1O. The van der Waals surface area contributed by atoms with Crippen molar-refractivity contribution in [3.8, 4) is 11.5 Å². The molecule has 1 aromatic rings. The van der Waals surface area contributed by atoms with E-state index < -0.39 is 0 Å². The summed E-state index contributed by atoms with van der Waals surface area (Å²) < 4.78 is 5.03. The number of rotatable bonds is 8. The molecule has 108 valence electrons. The molecule has 0 aliphatic heterocycles. The topological polar surface area (TPSA) is 41.5 Å². The maximum atomic E-state index is 9.71. The fraction of sp³-hybridized carbons (Fsp3) is 0.625. The van der Waals surface area contributed by atoms with Gasteiger partial charge in [-0.1, -0.05) is 32.8 Å². The quantitative estimate of drug-likeness (QED) is 0.753. The Labute approximate surface area is 117 Å². The third-order valence-electron chi connectivity index (χ3n) is 3.32. The van der Waals surface area contributed by atoms with Crippen LogP contribution >= 0.6 is 0 Å². The Kier molecular flexibility index (Phi) is 6.71. The molecule has 0 aromatic heterocycles. The van der Waals surface area contributed by atoms with Crippen molar-refractivity contribution in [1.29, 1.82) is 0 Å². The molecule has 0 aliphatic carbocycles. The molecule has 0 heterocycles. The molecule has 2 N–H and O–H groups in total. The van der Waals surface area contributed by atoms with Crippen molar-refractivity contribution in [3.05, 3.63) is 23.8 Å². The van der Waals surface area contributed by atoms with E-state index >= 15 is 0 Å². The van der Waals surface area contributed by atoms with Gasteiger partial charge in [0.2, 0.25) is 0 Å². The number of methoxy groups -OCH3 is 1. The predicted octanol–water partition coefficient (Wildman–Crippen LogP) is 3.71. The van der Waals surface area contributed by atoms with Crippen LogP contribution in [0.25, 0.3) is 0 Å². The monoisotopic (exact) mass is 265 g/mol. The Balaban J connectivity index is 2.33. The lowest BCUT2D eigenvalue weighted by atomic mass is 10.0. The van der Waals surface area contributed by atoms with Gasteiger partial charge in [-0.25, -0.2) is 0 Å². The molecule has 1 rings (SSSR count). The second-order valence-corrected chi connectivity index (χ2v) is 5.61. The minimum absolute atomic E-state index is 0.203. The van der Waals surface area contributed by atoms with Crippen LogP contribution in [-0.4, -0.2) is 18.3 Å². The average Bonchev–Trinajstić information content (AvgIpc) is 2.36. The molecule has 0 fully saturated rings. The van der Waals surface area contributed by atoms with Gasteiger partial charge in [-0.3, -0.25) is 0 Å². The van der Waals surface area contributed by atoms with Crippen LogP contribution in [0, 0.1) is 5.92 Å². The van der Waals surface area contributed by atoms with Crippen LogP contribution in [0.2, 0.25) is 0 Å². The molecule has 0 aliphatic rings. The number of hydrogen-bond donors (Lipinski definition) is 2. The fourth-order valence-electron chi connectivity index (χ4n) is 2.07. The lowest BCUT2D eigenvalue weighted by Gasteiger charge is -2.15. The molecule has 3 heteroatoms. The van der Waals surface area contributed by atoms with Gasteiger partial charge in [-0.2, -0.15) is 0 Å². The molecule has 0 bridgehead atoms. The number of ether oxygens (including phenoxy) is 1. The maximum absolute atomic E-state index is 9.71. The third-order valence-corrected chi connectivity index (χ3v) is 3.32. The van der Waals surface area contributed by atoms with E-state index in [1.165, 1.54) is 19.3 Å². The van der Waals surface area contributed by atoms with Crippen LogP contribution in [0.5, 0.6) is 11.5 Å². The second-order valence-electron chi connectivity index (χ2n) is 5.61. The summed E-state index contributed by atoms with van der Waals surface area (Å²) in [5, 5.41) is 13.2. The fourth-order valence-corrected chi connectivity index (χ4v) is 2.07. The van der Waals surface area contributed by atoms with E-state index in [0.29, 0.717) is 11.8 Å². The summed E-state index contributed by atoms with van der Waals surface area (Å²) >= 11 is 0. The number of nitrogens with one attached hydrogen (secondary N) is 1. The van der Waals surface area contributed by atoms with Gasteiger partial charge in [0.15, 0.2) is 11.5 Å². The van der Waals surface area contributed by atoms with Crippen molar-refractivity contribution in [2.45, 2.75) is 52.6 Å². The van der Waals surface area contributed by atoms with Crippen molar-refractivity contribution in [1.82, 2.24) is 5.32 Å². The van der Waals surface area contributed by atoms with Crippen molar-refractivity contribution >= 4 is 0 Å². The molecule has 19 heavy (non-hydrogen) atoms. The van der Waals surface area contributed by atoms with Crippen LogP contribution in [0.15, 0.2) is 18.2 Å². The molecule has 3 nitrogen and oxygen atoms in total. The Morgan fingerprint density at radius 3 is 2.53 bits per heavy atom. The number of phenolic OH excluding ortho intramolecular Hbond substituents is 1. The average molecular weight is 265 g/mol. The molecule has 0 radical (unpaired) electrons.